The molecule has 0 aliphatic carbocycles. The van der Waals surface area contributed by atoms with E-state index in [1.807, 2.05) is 0 Å². The molecule has 1 heterocycles. The van der Waals surface area contributed by atoms with Gasteiger partial charge < -0.3 is 16.2 Å². The fraction of sp³-hybridized carbons (Fsp3) is 0.400. The first kappa shape index (κ1) is 6.10. The Bertz CT molecular complexity index is 173. The van der Waals surface area contributed by atoms with Crippen molar-refractivity contribution in [1.82, 2.24) is 5.32 Å². The highest BCUT2D eigenvalue weighted by atomic mass is 16.3. The van der Waals surface area contributed by atoms with E-state index in [1.165, 1.54) is 6.21 Å². The summed E-state index contributed by atoms with van der Waals surface area (Å²) in [4.78, 5) is 3.81. The smallest absolute Gasteiger partial charge is 0.162 e. The van der Waals surface area contributed by atoms with Crippen LogP contribution in [0.1, 0.15) is 6.92 Å². The van der Waals surface area contributed by atoms with Crippen LogP contribution in [0.25, 0.3) is 0 Å². The van der Waals surface area contributed by atoms with Gasteiger partial charge >= 0.3 is 0 Å². The molecule has 0 amide bonds. The van der Waals surface area contributed by atoms with Gasteiger partial charge in [0, 0.05) is 0 Å². The number of hydrogen-bond acceptors (Lipinski definition) is 4. The van der Waals surface area contributed by atoms with E-state index in [4.69, 9.17) is 10.8 Å². The molecular weight excluding hydrogens is 118 g/mol. The summed E-state index contributed by atoms with van der Waals surface area (Å²) < 4.78 is 0. The monoisotopic (exact) mass is 127 g/mol. The molecule has 0 aromatic rings. The average Bonchev–Trinajstić information content (AvgIpc) is 1.80. The molecule has 0 radical (unpaired) electrons. The predicted molar refractivity (Wildman–Crippen MR) is 34.5 cm³/mol. The van der Waals surface area contributed by atoms with Gasteiger partial charge in [0.05, 0.1) is 11.9 Å². The largest absolute Gasteiger partial charge is 0.384 e. The maximum absolute atomic E-state index is 8.82. The third-order valence-corrected chi connectivity index (χ3v) is 1.10. The maximum Gasteiger partial charge on any atom is 0.162 e. The van der Waals surface area contributed by atoms with Crippen LogP contribution in [0, 0.1) is 0 Å². The summed E-state index contributed by atoms with van der Waals surface area (Å²) >= 11 is 0. The molecule has 0 fully saturated rings. The molecule has 4 nitrogen and oxygen atoms in total. The van der Waals surface area contributed by atoms with Gasteiger partial charge in [-0.3, -0.25) is 4.99 Å². The third-order valence-electron chi connectivity index (χ3n) is 1.10. The Labute approximate surface area is 53.1 Å². The molecule has 0 spiro atoms. The first-order chi connectivity index (χ1) is 4.20. The van der Waals surface area contributed by atoms with Crippen molar-refractivity contribution in [1.29, 1.82) is 0 Å². The number of hydrogen-bond donors (Lipinski definition) is 3. The van der Waals surface area contributed by atoms with E-state index in [0.717, 1.165) is 0 Å². The van der Waals surface area contributed by atoms with Gasteiger partial charge in [-0.05, 0) is 6.92 Å². The minimum absolute atomic E-state index is 0.435. The molecule has 4 heteroatoms. The summed E-state index contributed by atoms with van der Waals surface area (Å²) in [5, 5.41) is 11.4. The summed E-state index contributed by atoms with van der Waals surface area (Å²) in [6.45, 7) is 1.77. The zero-order chi connectivity index (χ0) is 6.85. The van der Waals surface area contributed by atoms with Crippen LogP contribution in [-0.2, 0) is 0 Å². The quantitative estimate of drug-likeness (QED) is 0.396. The Kier molecular flexibility index (Phi) is 1.40. The maximum atomic E-state index is 8.82. The van der Waals surface area contributed by atoms with E-state index in [0.29, 0.717) is 11.5 Å². The van der Waals surface area contributed by atoms with Crippen molar-refractivity contribution in [3.05, 3.63) is 11.5 Å². The number of rotatable bonds is 0. The van der Waals surface area contributed by atoms with Crippen molar-refractivity contribution < 1.29 is 5.11 Å². The van der Waals surface area contributed by atoms with Crippen molar-refractivity contribution in [3.8, 4) is 0 Å². The fourth-order valence-electron chi connectivity index (χ4n) is 0.553. The molecule has 1 aliphatic heterocycles. The number of nitrogens with zero attached hydrogens (tertiary/aromatic N) is 1. The molecule has 1 unspecified atom stereocenters. The summed E-state index contributed by atoms with van der Waals surface area (Å²) in [5.41, 5.74) is 6.07. The Morgan fingerprint density at radius 2 is 2.56 bits per heavy atom. The van der Waals surface area contributed by atoms with Gasteiger partial charge in [-0.2, -0.15) is 0 Å². The molecule has 9 heavy (non-hydrogen) atoms. The summed E-state index contributed by atoms with van der Waals surface area (Å²) in [6.07, 6.45) is 0.666. The number of nitrogens with two attached hydrogens (primary N) is 1. The normalized spacial score (nSPS) is 26.2. The lowest BCUT2D eigenvalue weighted by atomic mass is 10.4. The highest BCUT2D eigenvalue weighted by Crippen LogP contribution is 2.00. The molecule has 50 valence electrons. The van der Waals surface area contributed by atoms with Crippen LogP contribution in [0.3, 0.4) is 0 Å². The van der Waals surface area contributed by atoms with Crippen molar-refractivity contribution in [2.75, 3.05) is 0 Å². The SMILES string of the molecule is CC1=C(N)NC(O)C=N1. The van der Waals surface area contributed by atoms with E-state index in [9.17, 15) is 0 Å². The molecule has 4 N–H and O–H groups in total. The lowest BCUT2D eigenvalue weighted by Gasteiger charge is -2.14. The minimum Gasteiger partial charge on any atom is -0.384 e. The minimum atomic E-state index is -0.728. The van der Waals surface area contributed by atoms with Crippen LogP contribution in [0.2, 0.25) is 0 Å². The second-order valence-corrected chi connectivity index (χ2v) is 1.87. The summed E-state index contributed by atoms with van der Waals surface area (Å²) in [5.74, 6) is 0.435. The highest BCUT2D eigenvalue weighted by molar-refractivity contribution is 5.65. The lowest BCUT2D eigenvalue weighted by Crippen LogP contribution is -2.36. The van der Waals surface area contributed by atoms with Crippen LogP contribution < -0.4 is 11.1 Å². The molecule has 0 aromatic heterocycles. The lowest BCUT2D eigenvalue weighted by molar-refractivity contribution is 0.217. The van der Waals surface area contributed by atoms with Crippen LogP contribution >= 0.6 is 0 Å². The van der Waals surface area contributed by atoms with E-state index < -0.39 is 6.23 Å². The zero-order valence-corrected chi connectivity index (χ0v) is 5.13. The molecule has 1 atom stereocenters. The Morgan fingerprint density at radius 3 is 3.00 bits per heavy atom. The van der Waals surface area contributed by atoms with E-state index in [1.54, 1.807) is 6.92 Å². The second kappa shape index (κ2) is 2.06. The van der Waals surface area contributed by atoms with Crippen LogP contribution in [0.5, 0.6) is 0 Å². The fourth-order valence-corrected chi connectivity index (χ4v) is 0.553. The Morgan fingerprint density at radius 1 is 1.89 bits per heavy atom. The van der Waals surface area contributed by atoms with Gasteiger partial charge in [-0.25, -0.2) is 0 Å². The Hall–Kier alpha value is -1.03. The summed E-state index contributed by atoms with van der Waals surface area (Å²) in [6, 6.07) is 0. The molecule has 0 saturated carbocycles. The number of aliphatic imine (C=N–C) groups is 1. The van der Waals surface area contributed by atoms with E-state index in [-0.39, 0.29) is 0 Å². The van der Waals surface area contributed by atoms with Crippen molar-refractivity contribution in [2.45, 2.75) is 13.2 Å². The van der Waals surface area contributed by atoms with Crippen molar-refractivity contribution >= 4 is 6.21 Å². The number of aliphatic hydroxyl groups is 1. The average molecular weight is 127 g/mol. The topological polar surface area (TPSA) is 70.6 Å². The summed E-state index contributed by atoms with van der Waals surface area (Å²) in [7, 11) is 0. The predicted octanol–water partition coefficient (Wildman–Crippen LogP) is -0.873. The van der Waals surface area contributed by atoms with Gasteiger partial charge in [0.2, 0.25) is 0 Å². The van der Waals surface area contributed by atoms with Gasteiger partial charge in [0.25, 0.3) is 0 Å². The first-order valence-electron chi connectivity index (χ1n) is 2.65. The van der Waals surface area contributed by atoms with Gasteiger partial charge in [0.15, 0.2) is 6.23 Å². The van der Waals surface area contributed by atoms with Gasteiger partial charge in [-0.15, -0.1) is 0 Å². The molecule has 1 aliphatic rings. The number of nitrogens with one attached hydrogen (secondary N) is 1. The molecular formula is C5H9N3O. The van der Waals surface area contributed by atoms with Crippen LogP contribution in [-0.4, -0.2) is 17.5 Å². The first-order valence-corrected chi connectivity index (χ1v) is 2.65. The van der Waals surface area contributed by atoms with Crippen molar-refractivity contribution in [3.63, 3.8) is 0 Å². The molecule has 1 rings (SSSR count). The van der Waals surface area contributed by atoms with Gasteiger partial charge in [-0.1, -0.05) is 0 Å². The third kappa shape index (κ3) is 1.20. The zero-order valence-electron chi connectivity index (χ0n) is 5.13. The number of allylic oxidation sites excluding steroid dienone is 1. The van der Waals surface area contributed by atoms with E-state index in [2.05, 4.69) is 10.3 Å². The van der Waals surface area contributed by atoms with Crippen LogP contribution in [0.4, 0.5) is 0 Å². The van der Waals surface area contributed by atoms with E-state index >= 15 is 0 Å². The molecule has 0 bridgehead atoms. The number of aliphatic hydroxyl groups excluding tert-OH is 1. The molecule has 0 aromatic carbocycles. The highest BCUT2D eigenvalue weighted by Gasteiger charge is 2.06. The van der Waals surface area contributed by atoms with Crippen LogP contribution in [0.15, 0.2) is 16.5 Å². The van der Waals surface area contributed by atoms with Gasteiger partial charge in [0.1, 0.15) is 5.82 Å². The second-order valence-electron chi connectivity index (χ2n) is 1.87. The Balaban J connectivity index is 2.75. The van der Waals surface area contributed by atoms with Crippen molar-refractivity contribution in [2.24, 2.45) is 10.7 Å². The molecule has 0 saturated heterocycles. The standard InChI is InChI=1S/C5H9N3O/c1-3-5(6)8-4(9)2-7-3/h2,4,8-9H,6H2,1H3.